The molecular weight excluding hydrogens is 324 g/mol. The van der Waals surface area contributed by atoms with E-state index in [-0.39, 0.29) is 5.91 Å². The van der Waals surface area contributed by atoms with Crippen LogP contribution in [0.15, 0.2) is 53.9 Å². The van der Waals surface area contributed by atoms with Crippen molar-refractivity contribution < 1.29 is 9.53 Å². The highest BCUT2D eigenvalue weighted by Gasteiger charge is 2.36. The fourth-order valence-corrected chi connectivity index (χ4v) is 3.30. The maximum Gasteiger partial charge on any atom is 0.262 e. The van der Waals surface area contributed by atoms with Gasteiger partial charge in [0.1, 0.15) is 11.4 Å². The topological polar surface area (TPSA) is 67.3 Å². The van der Waals surface area contributed by atoms with Crippen LogP contribution in [-0.2, 0) is 0 Å². The third-order valence-corrected chi connectivity index (χ3v) is 4.45. The Morgan fingerprint density at radius 3 is 2.75 bits per heavy atom. The molecule has 1 aliphatic heterocycles. The second-order valence-corrected chi connectivity index (χ2v) is 5.88. The van der Waals surface area contributed by atoms with Crippen LogP contribution in [0.1, 0.15) is 22.2 Å². The highest BCUT2D eigenvalue weighted by Crippen LogP contribution is 2.39. The lowest BCUT2D eigenvalue weighted by molar-refractivity contribution is 0.0973. The van der Waals surface area contributed by atoms with Crippen molar-refractivity contribution in [2.45, 2.75) is 6.17 Å². The van der Waals surface area contributed by atoms with Crippen molar-refractivity contribution in [1.82, 2.24) is 9.59 Å². The first-order valence-electron chi connectivity index (χ1n) is 7.38. The molecule has 0 saturated carbocycles. The molecule has 4 rings (SSSR count). The van der Waals surface area contributed by atoms with Crippen LogP contribution in [-0.4, -0.2) is 22.6 Å². The fraction of sp³-hybridized carbons (Fsp3) is 0.118. The van der Waals surface area contributed by atoms with E-state index < -0.39 is 6.17 Å². The summed E-state index contributed by atoms with van der Waals surface area (Å²) in [4.78, 5) is 14.8. The van der Waals surface area contributed by atoms with Crippen molar-refractivity contribution in [3.05, 3.63) is 65.2 Å². The number of carbonyl (C=O) groups excluding carboxylic acids is 1. The van der Waals surface area contributed by atoms with Crippen LogP contribution in [0.4, 0.5) is 11.4 Å². The van der Waals surface area contributed by atoms with Gasteiger partial charge >= 0.3 is 0 Å². The zero-order valence-corrected chi connectivity index (χ0v) is 13.7. The number of nitrogens with one attached hydrogen (secondary N) is 1. The summed E-state index contributed by atoms with van der Waals surface area (Å²) in [6, 6.07) is 14.9. The average molecular weight is 338 g/mol. The second-order valence-electron chi connectivity index (χ2n) is 5.27. The molecule has 1 amide bonds. The van der Waals surface area contributed by atoms with E-state index in [4.69, 9.17) is 4.74 Å². The van der Waals surface area contributed by atoms with E-state index in [2.05, 4.69) is 14.9 Å². The number of methoxy groups -OCH3 is 1. The van der Waals surface area contributed by atoms with Crippen LogP contribution >= 0.6 is 11.5 Å². The summed E-state index contributed by atoms with van der Waals surface area (Å²) in [5, 5.41) is 9.37. The quantitative estimate of drug-likeness (QED) is 0.793. The Labute approximate surface area is 142 Å². The molecule has 2 aromatic carbocycles. The monoisotopic (exact) mass is 338 g/mol. The fourth-order valence-electron chi connectivity index (χ4n) is 2.83. The molecular formula is C17H14N4O2S. The van der Waals surface area contributed by atoms with Gasteiger partial charge in [0.05, 0.1) is 18.4 Å². The number of benzene rings is 2. The molecule has 2 heterocycles. The SMILES string of the molecule is COc1ccccc1N1C(=O)c2ccccc2N[C@@H]1c1csnn1. The van der Waals surface area contributed by atoms with Gasteiger partial charge in [-0.15, -0.1) is 5.10 Å². The third kappa shape index (κ3) is 2.30. The van der Waals surface area contributed by atoms with Crippen molar-refractivity contribution >= 4 is 28.8 Å². The third-order valence-electron chi connectivity index (χ3n) is 3.93. The molecule has 120 valence electrons. The lowest BCUT2D eigenvalue weighted by Gasteiger charge is -2.37. The zero-order valence-electron chi connectivity index (χ0n) is 12.8. The average Bonchev–Trinajstić information content (AvgIpc) is 3.16. The minimum absolute atomic E-state index is 0.105. The van der Waals surface area contributed by atoms with Crippen molar-refractivity contribution in [3.8, 4) is 5.75 Å². The normalized spacial score (nSPS) is 16.5. The molecule has 0 radical (unpaired) electrons. The summed E-state index contributed by atoms with van der Waals surface area (Å²) < 4.78 is 9.38. The minimum Gasteiger partial charge on any atom is -0.495 e. The summed E-state index contributed by atoms with van der Waals surface area (Å²) in [5.74, 6) is 0.520. The van der Waals surface area contributed by atoms with E-state index in [1.807, 2.05) is 53.9 Å². The molecule has 0 unspecified atom stereocenters. The number of carbonyl (C=O) groups is 1. The molecule has 3 aromatic rings. The second kappa shape index (κ2) is 5.93. The highest BCUT2D eigenvalue weighted by molar-refractivity contribution is 7.03. The minimum atomic E-state index is -0.442. The van der Waals surface area contributed by atoms with Gasteiger partial charge in [0.25, 0.3) is 5.91 Å². The van der Waals surface area contributed by atoms with Gasteiger partial charge in [-0.3, -0.25) is 9.69 Å². The Bertz CT molecular complexity index is 882. The molecule has 24 heavy (non-hydrogen) atoms. The van der Waals surface area contributed by atoms with E-state index in [1.165, 1.54) is 11.5 Å². The smallest absolute Gasteiger partial charge is 0.262 e. The highest BCUT2D eigenvalue weighted by atomic mass is 32.1. The number of hydrogen-bond acceptors (Lipinski definition) is 6. The number of fused-ring (bicyclic) bond motifs is 1. The zero-order chi connectivity index (χ0) is 16.5. The van der Waals surface area contributed by atoms with Gasteiger partial charge in [0.2, 0.25) is 0 Å². The largest absolute Gasteiger partial charge is 0.495 e. The molecule has 6 nitrogen and oxygen atoms in total. The Balaban J connectivity index is 1.89. The molecule has 0 fully saturated rings. The summed E-state index contributed by atoms with van der Waals surface area (Å²) in [7, 11) is 1.59. The molecule has 0 bridgehead atoms. The van der Waals surface area contributed by atoms with Gasteiger partial charge < -0.3 is 10.1 Å². The predicted molar refractivity (Wildman–Crippen MR) is 92.5 cm³/mol. The molecule has 0 spiro atoms. The van der Waals surface area contributed by atoms with Crippen LogP contribution in [0.25, 0.3) is 0 Å². The van der Waals surface area contributed by atoms with Crippen LogP contribution in [0.2, 0.25) is 0 Å². The Morgan fingerprint density at radius 1 is 1.17 bits per heavy atom. The molecule has 1 aliphatic rings. The number of rotatable bonds is 3. The molecule has 1 aromatic heterocycles. The standard InChI is InChI=1S/C17H14N4O2S/c1-23-15-9-5-4-8-14(15)21-16(13-10-24-20-19-13)18-12-7-3-2-6-11(12)17(21)22/h2-10,16,18H,1H3/t16-/m0/s1. The first-order valence-corrected chi connectivity index (χ1v) is 8.22. The summed E-state index contributed by atoms with van der Waals surface area (Å²) in [5.41, 5.74) is 2.77. The number of aromatic nitrogens is 2. The van der Waals surface area contributed by atoms with Gasteiger partial charge in [-0.25, -0.2) is 0 Å². The maximum absolute atomic E-state index is 13.2. The summed E-state index contributed by atoms with van der Waals surface area (Å²) in [6.07, 6.45) is -0.442. The maximum atomic E-state index is 13.2. The first-order chi connectivity index (χ1) is 11.8. The van der Waals surface area contributed by atoms with Crippen molar-refractivity contribution in [3.63, 3.8) is 0 Å². The number of hydrogen-bond donors (Lipinski definition) is 1. The molecule has 7 heteroatoms. The van der Waals surface area contributed by atoms with Crippen molar-refractivity contribution in [2.75, 3.05) is 17.3 Å². The lowest BCUT2D eigenvalue weighted by Crippen LogP contribution is -2.43. The van der Waals surface area contributed by atoms with E-state index in [0.29, 0.717) is 22.7 Å². The molecule has 0 saturated heterocycles. The van der Waals surface area contributed by atoms with Crippen LogP contribution in [0.3, 0.4) is 0 Å². The van der Waals surface area contributed by atoms with E-state index in [9.17, 15) is 4.79 Å². The van der Waals surface area contributed by atoms with Gasteiger partial charge in [0, 0.05) is 11.1 Å². The Kier molecular flexibility index (Phi) is 3.62. The van der Waals surface area contributed by atoms with Crippen LogP contribution in [0.5, 0.6) is 5.75 Å². The van der Waals surface area contributed by atoms with Crippen LogP contribution in [0, 0.1) is 0 Å². The van der Waals surface area contributed by atoms with Gasteiger partial charge in [-0.05, 0) is 35.8 Å². The number of ether oxygens (including phenoxy) is 1. The van der Waals surface area contributed by atoms with E-state index in [0.717, 1.165) is 5.69 Å². The Morgan fingerprint density at radius 2 is 1.96 bits per heavy atom. The number of anilines is 2. The first kappa shape index (κ1) is 14.6. The van der Waals surface area contributed by atoms with Crippen LogP contribution < -0.4 is 15.0 Å². The van der Waals surface area contributed by atoms with Gasteiger partial charge in [-0.2, -0.15) is 0 Å². The van der Waals surface area contributed by atoms with Crippen molar-refractivity contribution in [1.29, 1.82) is 0 Å². The van der Waals surface area contributed by atoms with Gasteiger partial charge in [0.15, 0.2) is 6.17 Å². The number of amides is 1. The lowest BCUT2D eigenvalue weighted by atomic mass is 10.1. The van der Waals surface area contributed by atoms with Gasteiger partial charge in [-0.1, -0.05) is 28.8 Å². The van der Waals surface area contributed by atoms with E-state index in [1.54, 1.807) is 12.0 Å². The predicted octanol–water partition coefficient (Wildman–Crippen LogP) is 3.32. The summed E-state index contributed by atoms with van der Waals surface area (Å²) in [6.45, 7) is 0. The number of para-hydroxylation sites is 3. The van der Waals surface area contributed by atoms with Crippen molar-refractivity contribution in [2.24, 2.45) is 0 Å². The summed E-state index contributed by atoms with van der Waals surface area (Å²) >= 11 is 1.25. The molecule has 0 aliphatic carbocycles. The number of nitrogens with zero attached hydrogens (tertiary/aromatic N) is 3. The molecule has 1 atom stereocenters. The Hall–Kier alpha value is -2.93. The molecule has 1 N–H and O–H groups in total. The van der Waals surface area contributed by atoms with E-state index >= 15 is 0 Å².